The number of carbonyl (C=O) groups excluding carboxylic acids is 1. The summed E-state index contributed by atoms with van der Waals surface area (Å²) >= 11 is 0. The molecule has 0 fully saturated rings. The molecule has 0 N–H and O–H groups in total. The molecule has 200 valence electrons. The van der Waals surface area contributed by atoms with E-state index in [-0.39, 0.29) is 6.61 Å². The fourth-order valence-corrected chi connectivity index (χ4v) is 2.09. The summed E-state index contributed by atoms with van der Waals surface area (Å²) in [5.41, 5.74) is 0. The first-order valence-corrected chi connectivity index (χ1v) is 11.4. The zero-order chi connectivity index (χ0) is 24.8. The van der Waals surface area contributed by atoms with Crippen LogP contribution in [0.1, 0.15) is 0 Å². The fourth-order valence-electron chi connectivity index (χ4n) is 2.09. The van der Waals surface area contributed by atoms with Crippen LogP contribution in [0.25, 0.3) is 0 Å². The number of esters is 1. The third-order valence-corrected chi connectivity index (χ3v) is 3.71. The van der Waals surface area contributed by atoms with Crippen molar-refractivity contribution < 1.29 is 52.2 Å². The van der Waals surface area contributed by atoms with Gasteiger partial charge in [0.1, 0.15) is 13.2 Å². The summed E-state index contributed by atoms with van der Waals surface area (Å²) in [6, 6.07) is 0. The molecular formula is C23H42O11. The van der Waals surface area contributed by atoms with Gasteiger partial charge in [0.15, 0.2) is 0 Å². The van der Waals surface area contributed by atoms with Crippen molar-refractivity contribution in [2.75, 3.05) is 119 Å². The highest BCUT2D eigenvalue weighted by molar-refractivity contribution is 5.81. The summed E-state index contributed by atoms with van der Waals surface area (Å²) in [6.07, 6.45) is 2.50. The molecule has 0 aromatic rings. The lowest BCUT2D eigenvalue weighted by atomic mass is 10.6. The highest BCUT2D eigenvalue weighted by atomic mass is 16.6. The Labute approximate surface area is 203 Å². The van der Waals surface area contributed by atoms with Crippen molar-refractivity contribution >= 4 is 5.97 Å². The van der Waals surface area contributed by atoms with Crippen LogP contribution in [0.5, 0.6) is 0 Å². The van der Waals surface area contributed by atoms with E-state index in [9.17, 15) is 4.79 Å². The zero-order valence-electron chi connectivity index (χ0n) is 20.3. The number of ether oxygens (including phenoxy) is 10. The molecule has 0 aliphatic carbocycles. The third-order valence-electron chi connectivity index (χ3n) is 3.71. The highest BCUT2D eigenvalue weighted by Crippen LogP contribution is 1.86. The van der Waals surface area contributed by atoms with Gasteiger partial charge in [-0.05, 0) is 0 Å². The lowest BCUT2D eigenvalue weighted by Gasteiger charge is -2.08. The van der Waals surface area contributed by atoms with Gasteiger partial charge in [-0.15, -0.1) is 0 Å². The quantitative estimate of drug-likeness (QED) is 0.0643. The minimum Gasteiger partial charge on any atom is -0.499 e. The van der Waals surface area contributed by atoms with Crippen molar-refractivity contribution in [3.8, 4) is 0 Å². The van der Waals surface area contributed by atoms with E-state index < -0.39 is 5.97 Å². The lowest BCUT2D eigenvalue weighted by Crippen LogP contribution is -2.15. The first kappa shape index (κ1) is 32.4. The molecular weight excluding hydrogens is 452 g/mol. The second-order valence-electron chi connectivity index (χ2n) is 6.31. The SMILES string of the molecule is C=COCCOCCOCCOCCOCCOCCOCCOCCOCCOC(=O)C=C. The molecule has 0 rings (SSSR count). The van der Waals surface area contributed by atoms with Gasteiger partial charge in [-0.25, -0.2) is 4.79 Å². The summed E-state index contributed by atoms with van der Waals surface area (Å²) in [6.45, 7) is 15.2. The monoisotopic (exact) mass is 494 g/mol. The average Bonchev–Trinajstić information content (AvgIpc) is 2.85. The standard InChI is InChI=1S/C23H42O11/c1-3-23(24)34-22-21-33-20-19-32-18-17-31-16-15-30-14-13-29-12-11-28-10-9-27-8-7-26-6-5-25-4-2/h3-4H,1-2,5-22H2. The summed E-state index contributed by atoms with van der Waals surface area (Å²) in [5, 5.41) is 0. The summed E-state index contributed by atoms with van der Waals surface area (Å²) in [4.78, 5) is 10.8. The Kier molecular flexibility index (Phi) is 28.1. The van der Waals surface area contributed by atoms with E-state index in [2.05, 4.69) is 13.2 Å². The number of hydrogen-bond acceptors (Lipinski definition) is 11. The van der Waals surface area contributed by atoms with Crippen LogP contribution in [0.2, 0.25) is 0 Å². The number of carbonyl (C=O) groups is 1. The number of hydrogen-bond donors (Lipinski definition) is 0. The fraction of sp³-hybridized carbons (Fsp3) is 0.783. The van der Waals surface area contributed by atoms with Crippen LogP contribution in [0.15, 0.2) is 25.5 Å². The van der Waals surface area contributed by atoms with Crippen LogP contribution in [0.4, 0.5) is 0 Å². The van der Waals surface area contributed by atoms with Gasteiger partial charge in [-0.3, -0.25) is 0 Å². The van der Waals surface area contributed by atoms with Crippen LogP contribution < -0.4 is 0 Å². The largest absolute Gasteiger partial charge is 0.499 e. The summed E-state index contributed by atoms with van der Waals surface area (Å²) in [7, 11) is 0. The van der Waals surface area contributed by atoms with E-state index in [0.717, 1.165) is 6.08 Å². The van der Waals surface area contributed by atoms with Gasteiger partial charge in [0, 0.05) is 6.08 Å². The molecule has 34 heavy (non-hydrogen) atoms. The third kappa shape index (κ3) is 28.5. The van der Waals surface area contributed by atoms with Gasteiger partial charge in [0.05, 0.1) is 112 Å². The Morgan fingerprint density at radius 3 is 0.971 bits per heavy atom. The molecule has 0 saturated heterocycles. The Hall–Kier alpha value is -1.57. The van der Waals surface area contributed by atoms with Gasteiger partial charge < -0.3 is 47.4 Å². The van der Waals surface area contributed by atoms with Gasteiger partial charge in [-0.1, -0.05) is 13.2 Å². The van der Waals surface area contributed by atoms with Crippen LogP contribution >= 0.6 is 0 Å². The maximum absolute atomic E-state index is 10.8. The molecule has 0 radical (unpaired) electrons. The Morgan fingerprint density at radius 1 is 0.441 bits per heavy atom. The molecule has 0 saturated carbocycles. The van der Waals surface area contributed by atoms with Crippen molar-refractivity contribution in [3.05, 3.63) is 25.5 Å². The molecule has 0 bridgehead atoms. The van der Waals surface area contributed by atoms with Crippen molar-refractivity contribution in [1.29, 1.82) is 0 Å². The van der Waals surface area contributed by atoms with E-state index >= 15 is 0 Å². The smallest absolute Gasteiger partial charge is 0.330 e. The topological polar surface area (TPSA) is 109 Å². The number of rotatable bonds is 29. The zero-order valence-corrected chi connectivity index (χ0v) is 20.3. The lowest BCUT2D eigenvalue weighted by molar-refractivity contribution is -0.139. The Bertz CT molecular complexity index is 449. The molecule has 0 aromatic heterocycles. The van der Waals surface area contributed by atoms with Crippen molar-refractivity contribution in [3.63, 3.8) is 0 Å². The molecule has 11 nitrogen and oxygen atoms in total. The van der Waals surface area contributed by atoms with Gasteiger partial charge in [0.25, 0.3) is 0 Å². The molecule has 0 aliphatic heterocycles. The summed E-state index contributed by atoms with van der Waals surface area (Å²) < 4.78 is 52.6. The Balaban J connectivity index is 3.03. The minimum atomic E-state index is -0.457. The van der Waals surface area contributed by atoms with Crippen LogP contribution in [0, 0.1) is 0 Å². The van der Waals surface area contributed by atoms with Gasteiger partial charge in [0.2, 0.25) is 0 Å². The molecule has 0 atom stereocenters. The van der Waals surface area contributed by atoms with E-state index in [1.807, 2.05) is 0 Å². The van der Waals surface area contributed by atoms with E-state index in [1.165, 1.54) is 6.26 Å². The van der Waals surface area contributed by atoms with Crippen molar-refractivity contribution in [2.45, 2.75) is 0 Å². The molecule has 0 aliphatic rings. The van der Waals surface area contributed by atoms with Gasteiger partial charge in [-0.2, -0.15) is 0 Å². The van der Waals surface area contributed by atoms with E-state index in [0.29, 0.717) is 112 Å². The molecule has 0 unspecified atom stereocenters. The molecule has 0 heterocycles. The summed E-state index contributed by atoms with van der Waals surface area (Å²) in [5.74, 6) is -0.457. The Morgan fingerprint density at radius 2 is 0.706 bits per heavy atom. The first-order valence-electron chi connectivity index (χ1n) is 11.4. The first-order chi connectivity index (χ1) is 16.8. The maximum Gasteiger partial charge on any atom is 0.330 e. The predicted molar refractivity (Wildman–Crippen MR) is 124 cm³/mol. The second-order valence-corrected chi connectivity index (χ2v) is 6.31. The van der Waals surface area contributed by atoms with Crippen LogP contribution in [-0.4, -0.2) is 125 Å². The van der Waals surface area contributed by atoms with E-state index in [1.54, 1.807) is 0 Å². The normalized spacial score (nSPS) is 10.8. The molecule has 0 amide bonds. The van der Waals surface area contributed by atoms with E-state index in [4.69, 9.17) is 47.4 Å². The maximum atomic E-state index is 10.8. The highest BCUT2D eigenvalue weighted by Gasteiger charge is 1.96. The minimum absolute atomic E-state index is 0.202. The van der Waals surface area contributed by atoms with Crippen molar-refractivity contribution in [1.82, 2.24) is 0 Å². The molecule has 0 aromatic carbocycles. The van der Waals surface area contributed by atoms with Gasteiger partial charge >= 0.3 is 5.97 Å². The predicted octanol–water partition coefficient (Wildman–Crippen LogP) is 1.01. The second kappa shape index (κ2) is 29.5. The van der Waals surface area contributed by atoms with Crippen molar-refractivity contribution in [2.24, 2.45) is 0 Å². The average molecular weight is 495 g/mol. The molecule has 11 heteroatoms. The van der Waals surface area contributed by atoms with Crippen LogP contribution in [-0.2, 0) is 52.2 Å². The molecule has 0 spiro atoms. The van der Waals surface area contributed by atoms with Crippen LogP contribution in [0.3, 0.4) is 0 Å².